The van der Waals surface area contributed by atoms with Gasteiger partial charge in [0.05, 0.1) is 0 Å². The molecule has 0 saturated carbocycles. The third-order valence-electron chi connectivity index (χ3n) is 2.55. The Morgan fingerprint density at radius 3 is 3.00 bits per heavy atom. The van der Waals surface area contributed by atoms with Crippen LogP contribution >= 0.6 is 11.3 Å². The quantitative estimate of drug-likeness (QED) is 0.507. The SMILES string of the molecule is Cc1cccc2sc3cc[c]cc3c12. The maximum Gasteiger partial charge on any atom is 0.0358 e. The summed E-state index contributed by atoms with van der Waals surface area (Å²) in [6.45, 7) is 2.17. The Balaban J connectivity index is 2.65. The number of fused-ring (bicyclic) bond motifs is 3. The molecule has 14 heavy (non-hydrogen) atoms. The van der Waals surface area contributed by atoms with Crippen molar-refractivity contribution in [1.29, 1.82) is 0 Å². The second-order valence-corrected chi connectivity index (χ2v) is 4.56. The van der Waals surface area contributed by atoms with Gasteiger partial charge in [-0.15, -0.1) is 11.3 Å². The van der Waals surface area contributed by atoms with Crippen LogP contribution in [-0.4, -0.2) is 0 Å². The van der Waals surface area contributed by atoms with Gasteiger partial charge in [-0.1, -0.05) is 18.2 Å². The molecule has 1 radical (unpaired) electrons. The fraction of sp³-hybridized carbons (Fsp3) is 0.0769. The van der Waals surface area contributed by atoms with Crippen molar-refractivity contribution in [3.63, 3.8) is 0 Å². The molecule has 0 fully saturated rings. The molecule has 1 heterocycles. The highest BCUT2D eigenvalue weighted by Gasteiger charge is 2.05. The number of aryl methyl sites for hydroxylation is 1. The maximum absolute atomic E-state index is 3.15. The van der Waals surface area contributed by atoms with Crippen LogP contribution in [-0.2, 0) is 0 Å². The monoisotopic (exact) mass is 197 g/mol. The van der Waals surface area contributed by atoms with E-state index in [0.29, 0.717) is 0 Å². The van der Waals surface area contributed by atoms with Crippen molar-refractivity contribution in [2.24, 2.45) is 0 Å². The Labute approximate surface area is 86.8 Å². The summed E-state index contributed by atoms with van der Waals surface area (Å²) in [5.41, 5.74) is 1.35. The normalized spacial score (nSPS) is 11.2. The second-order valence-electron chi connectivity index (χ2n) is 3.47. The summed E-state index contributed by atoms with van der Waals surface area (Å²) >= 11 is 1.86. The van der Waals surface area contributed by atoms with Crippen molar-refractivity contribution in [1.82, 2.24) is 0 Å². The van der Waals surface area contributed by atoms with E-state index in [4.69, 9.17) is 0 Å². The molecule has 0 N–H and O–H groups in total. The van der Waals surface area contributed by atoms with Gasteiger partial charge in [0.1, 0.15) is 0 Å². The first-order chi connectivity index (χ1) is 6.86. The van der Waals surface area contributed by atoms with E-state index >= 15 is 0 Å². The standard InChI is InChI=1S/C13H9S/c1-9-5-4-8-12-13(9)10-6-2-3-7-11(10)14-12/h3-8H,1H3. The van der Waals surface area contributed by atoms with Crippen molar-refractivity contribution >= 4 is 31.5 Å². The first-order valence-corrected chi connectivity index (χ1v) is 5.46. The van der Waals surface area contributed by atoms with E-state index in [9.17, 15) is 0 Å². The molecule has 0 nitrogen and oxygen atoms in total. The first-order valence-electron chi connectivity index (χ1n) is 4.64. The zero-order valence-electron chi connectivity index (χ0n) is 7.87. The van der Waals surface area contributed by atoms with Crippen LogP contribution in [0.15, 0.2) is 36.4 Å². The largest absolute Gasteiger partial charge is 0.135 e. The van der Waals surface area contributed by atoms with Crippen LogP contribution in [0.2, 0.25) is 0 Å². The molecule has 0 unspecified atom stereocenters. The van der Waals surface area contributed by atoms with Crippen LogP contribution in [0.25, 0.3) is 20.2 Å². The summed E-state index contributed by atoms with van der Waals surface area (Å²) in [4.78, 5) is 0. The molecule has 3 rings (SSSR count). The third-order valence-corrected chi connectivity index (χ3v) is 3.68. The number of benzene rings is 2. The molecule has 3 aromatic rings. The molecule has 0 aliphatic carbocycles. The minimum absolute atomic E-state index is 1.34. The summed E-state index contributed by atoms with van der Waals surface area (Å²) < 4.78 is 2.73. The van der Waals surface area contributed by atoms with E-state index in [0.717, 1.165) is 0 Å². The van der Waals surface area contributed by atoms with Gasteiger partial charge in [-0.05, 0) is 36.8 Å². The lowest BCUT2D eigenvalue weighted by atomic mass is 10.1. The fourth-order valence-corrected chi connectivity index (χ4v) is 3.05. The summed E-state index contributed by atoms with van der Waals surface area (Å²) in [5, 5.41) is 2.73. The summed E-state index contributed by atoms with van der Waals surface area (Å²) in [6, 6.07) is 15.8. The average molecular weight is 197 g/mol. The topological polar surface area (TPSA) is 0 Å². The molecule has 0 amide bonds. The van der Waals surface area contributed by atoms with Crippen molar-refractivity contribution in [3.05, 3.63) is 48.0 Å². The van der Waals surface area contributed by atoms with Gasteiger partial charge in [-0.2, -0.15) is 0 Å². The van der Waals surface area contributed by atoms with Gasteiger partial charge in [0, 0.05) is 20.2 Å². The van der Waals surface area contributed by atoms with Crippen molar-refractivity contribution in [3.8, 4) is 0 Å². The summed E-state index contributed by atoms with van der Waals surface area (Å²) in [5.74, 6) is 0. The molecular weight excluding hydrogens is 188 g/mol. The third kappa shape index (κ3) is 0.992. The Kier molecular flexibility index (Phi) is 1.62. The lowest BCUT2D eigenvalue weighted by Gasteiger charge is -1.95. The van der Waals surface area contributed by atoms with Crippen molar-refractivity contribution < 1.29 is 0 Å². The second kappa shape index (κ2) is 2.82. The van der Waals surface area contributed by atoms with Gasteiger partial charge < -0.3 is 0 Å². The summed E-state index contributed by atoms with van der Waals surface area (Å²) in [6.07, 6.45) is 0. The van der Waals surface area contributed by atoms with Gasteiger partial charge in [0.15, 0.2) is 0 Å². The van der Waals surface area contributed by atoms with Gasteiger partial charge in [0.25, 0.3) is 0 Å². The zero-order valence-corrected chi connectivity index (χ0v) is 8.69. The molecule has 1 heteroatoms. The molecule has 67 valence electrons. The van der Waals surface area contributed by atoms with Crippen molar-refractivity contribution in [2.75, 3.05) is 0 Å². The number of thiophene rings is 1. The average Bonchev–Trinajstić information content (AvgIpc) is 2.57. The van der Waals surface area contributed by atoms with E-state index in [2.05, 4.69) is 43.3 Å². The lowest BCUT2D eigenvalue weighted by molar-refractivity contribution is 1.55. The first kappa shape index (κ1) is 8.01. The highest BCUT2D eigenvalue weighted by molar-refractivity contribution is 7.25. The fourth-order valence-electron chi connectivity index (χ4n) is 1.89. The van der Waals surface area contributed by atoms with Crippen molar-refractivity contribution in [2.45, 2.75) is 6.92 Å². The summed E-state index contributed by atoms with van der Waals surface area (Å²) in [7, 11) is 0. The molecule has 0 atom stereocenters. The number of hydrogen-bond donors (Lipinski definition) is 0. The molecule has 0 saturated heterocycles. The highest BCUT2D eigenvalue weighted by atomic mass is 32.1. The molecule has 0 aliphatic rings. The number of rotatable bonds is 0. The van der Waals surface area contributed by atoms with Crippen LogP contribution in [0.5, 0.6) is 0 Å². The van der Waals surface area contributed by atoms with Gasteiger partial charge in [-0.25, -0.2) is 0 Å². The number of hydrogen-bond acceptors (Lipinski definition) is 1. The van der Waals surface area contributed by atoms with Crippen LogP contribution in [0.3, 0.4) is 0 Å². The molecule has 0 aliphatic heterocycles. The van der Waals surface area contributed by atoms with Crippen LogP contribution < -0.4 is 0 Å². The van der Waals surface area contributed by atoms with Gasteiger partial charge in [0.2, 0.25) is 0 Å². The van der Waals surface area contributed by atoms with E-state index in [1.165, 1.54) is 25.7 Å². The Hall–Kier alpha value is -1.34. The van der Waals surface area contributed by atoms with E-state index in [-0.39, 0.29) is 0 Å². The zero-order chi connectivity index (χ0) is 9.54. The molecule has 0 spiro atoms. The Morgan fingerprint density at radius 2 is 2.07 bits per heavy atom. The predicted molar refractivity (Wildman–Crippen MR) is 62.9 cm³/mol. The lowest BCUT2D eigenvalue weighted by Crippen LogP contribution is -1.72. The molecule has 1 aromatic heterocycles. The van der Waals surface area contributed by atoms with Gasteiger partial charge >= 0.3 is 0 Å². The minimum atomic E-state index is 1.34. The Morgan fingerprint density at radius 1 is 1.14 bits per heavy atom. The van der Waals surface area contributed by atoms with E-state index in [1.54, 1.807) is 0 Å². The molecule has 0 bridgehead atoms. The van der Waals surface area contributed by atoms with Gasteiger partial charge in [-0.3, -0.25) is 0 Å². The molecular formula is C13H9S. The van der Waals surface area contributed by atoms with E-state index < -0.39 is 0 Å². The smallest absolute Gasteiger partial charge is 0.0358 e. The van der Waals surface area contributed by atoms with Crippen LogP contribution in [0.4, 0.5) is 0 Å². The maximum atomic E-state index is 3.15. The molecule has 2 aromatic carbocycles. The Bertz CT molecular complexity index is 605. The van der Waals surface area contributed by atoms with Crippen LogP contribution in [0.1, 0.15) is 5.56 Å². The van der Waals surface area contributed by atoms with Crippen LogP contribution in [0, 0.1) is 13.0 Å². The van der Waals surface area contributed by atoms with E-state index in [1.807, 2.05) is 17.4 Å². The highest BCUT2D eigenvalue weighted by Crippen LogP contribution is 2.34. The predicted octanol–water partition coefficient (Wildman–Crippen LogP) is 4.16. The minimum Gasteiger partial charge on any atom is -0.135 e.